The zero-order valence-corrected chi connectivity index (χ0v) is 15.0. The van der Waals surface area contributed by atoms with Gasteiger partial charge in [-0.3, -0.25) is 9.59 Å². The molecule has 0 saturated heterocycles. The van der Waals surface area contributed by atoms with Gasteiger partial charge in [0.2, 0.25) is 11.6 Å². The zero-order chi connectivity index (χ0) is 21.3. The molecule has 0 aliphatic heterocycles. The molecule has 0 fully saturated rings. The molecule has 0 bridgehead atoms. The summed E-state index contributed by atoms with van der Waals surface area (Å²) in [5, 5.41) is 40.4. The van der Waals surface area contributed by atoms with Gasteiger partial charge in [-0.25, -0.2) is 9.59 Å². The molecule has 0 saturated carbocycles. The Hall–Kier alpha value is -3.36. The number of aryl methyl sites for hydroxylation is 2. The number of aliphatic carboxylic acids is 2. The monoisotopic (exact) mass is 386 g/mol. The molecule has 0 heterocycles. The fourth-order valence-electron chi connectivity index (χ4n) is 2.72. The van der Waals surface area contributed by atoms with E-state index < -0.39 is 34.7 Å². The van der Waals surface area contributed by atoms with Crippen molar-refractivity contribution in [2.45, 2.75) is 25.0 Å². The Labute approximate surface area is 159 Å². The Morgan fingerprint density at radius 3 is 1.57 bits per heavy atom. The first-order chi connectivity index (χ1) is 13.0. The molecule has 0 aliphatic rings. The van der Waals surface area contributed by atoms with Gasteiger partial charge < -0.3 is 20.4 Å². The van der Waals surface area contributed by atoms with Gasteiger partial charge in [-0.2, -0.15) is 0 Å². The van der Waals surface area contributed by atoms with Gasteiger partial charge in [0.05, 0.1) is 0 Å². The lowest BCUT2D eigenvalue weighted by molar-refractivity contribution is -0.187. The van der Waals surface area contributed by atoms with Crippen LogP contribution in [0.4, 0.5) is 0 Å². The van der Waals surface area contributed by atoms with E-state index in [2.05, 4.69) is 0 Å². The van der Waals surface area contributed by atoms with Crippen molar-refractivity contribution in [2.75, 3.05) is 0 Å². The van der Waals surface area contributed by atoms with Crippen LogP contribution < -0.4 is 0 Å². The number of Topliss-reactive ketones (excluding diaryl/α,β-unsaturated/α-hetero) is 2. The molecule has 2 rings (SSSR count). The zero-order valence-electron chi connectivity index (χ0n) is 15.0. The van der Waals surface area contributed by atoms with Crippen LogP contribution in [0.5, 0.6) is 0 Å². The summed E-state index contributed by atoms with van der Waals surface area (Å²) in [6.45, 7) is 3.34. The van der Waals surface area contributed by atoms with Crippen LogP contribution in [0.25, 0.3) is 0 Å². The minimum atomic E-state index is -3.96. The Balaban J connectivity index is 2.72. The SMILES string of the molecule is Cc1ccc(C(=O)[C@@](O)(C(=O)O)[C@](O)(C(=O)O)C(=O)c2ccccc2)cc1C. The Morgan fingerprint density at radius 2 is 1.14 bits per heavy atom. The summed E-state index contributed by atoms with van der Waals surface area (Å²) in [5.41, 5.74) is -7.37. The van der Waals surface area contributed by atoms with Gasteiger partial charge in [0, 0.05) is 11.1 Å². The molecule has 146 valence electrons. The standard InChI is InChI=1S/C20H18O8/c1-11-8-9-14(10-12(11)2)16(22)20(28,18(25)26)19(27,17(23)24)15(21)13-6-4-3-5-7-13/h3-10,27-28H,1-2H3,(H,23,24)(H,25,26)/t19-,20-/m1/s1. The van der Waals surface area contributed by atoms with Crippen molar-refractivity contribution in [2.24, 2.45) is 0 Å². The third-order valence-corrected chi connectivity index (χ3v) is 4.60. The fourth-order valence-corrected chi connectivity index (χ4v) is 2.72. The van der Waals surface area contributed by atoms with Gasteiger partial charge in [-0.05, 0) is 31.0 Å². The minimum absolute atomic E-state index is 0.367. The first kappa shape index (κ1) is 20.9. The Morgan fingerprint density at radius 1 is 0.679 bits per heavy atom. The van der Waals surface area contributed by atoms with Gasteiger partial charge >= 0.3 is 11.9 Å². The summed E-state index contributed by atoms with van der Waals surface area (Å²) in [4.78, 5) is 49.2. The van der Waals surface area contributed by atoms with Gasteiger partial charge in [0.15, 0.2) is 0 Å². The van der Waals surface area contributed by atoms with Crippen LogP contribution in [0.2, 0.25) is 0 Å². The number of hydrogen-bond acceptors (Lipinski definition) is 6. The smallest absolute Gasteiger partial charge is 0.348 e. The average Bonchev–Trinajstić information content (AvgIpc) is 2.67. The number of hydrogen-bond donors (Lipinski definition) is 4. The van der Waals surface area contributed by atoms with E-state index in [4.69, 9.17) is 0 Å². The first-order valence-corrected chi connectivity index (χ1v) is 8.11. The van der Waals surface area contributed by atoms with E-state index in [1.165, 1.54) is 36.4 Å². The molecule has 0 unspecified atom stereocenters. The molecule has 0 spiro atoms. The molecule has 4 N–H and O–H groups in total. The van der Waals surface area contributed by atoms with Gasteiger partial charge in [0.25, 0.3) is 11.2 Å². The van der Waals surface area contributed by atoms with Crippen molar-refractivity contribution in [3.63, 3.8) is 0 Å². The number of carbonyl (C=O) groups excluding carboxylic acids is 2. The minimum Gasteiger partial charge on any atom is -0.479 e. The second kappa shape index (κ2) is 7.34. The molecule has 2 aromatic rings. The van der Waals surface area contributed by atoms with Crippen molar-refractivity contribution in [3.8, 4) is 0 Å². The van der Waals surface area contributed by atoms with Crippen LogP contribution in [0, 0.1) is 13.8 Å². The first-order valence-electron chi connectivity index (χ1n) is 8.11. The van der Waals surface area contributed by atoms with Gasteiger partial charge in [0.1, 0.15) is 0 Å². The number of benzene rings is 2. The van der Waals surface area contributed by atoms with E-state index in [0.29, 0.717) is 5.56 Å². The number of carboxylic acid groups (broad SMARTS) is 2. The van der Waals surface area contributed by atoms with Crippen molar-refractivity contribution in [1.29, 1.82) is 0 Å². The van der Waals surface area contributed by atoms with Crippen molar-refractivity contribution < 1.29 is 39.6 Å². The van der Waals surface area contributed by atoms with Crippen molar-refractivity contribution in [3.05, 3.63) is 70.8 Å². The van der Waals surface area contributed by atoms with E-state index in [1.54, 1.807) is 13.8 Å². The van der Waals surface area contributed by atoms with E-state index in [1.807, 2.05) is 0 Å². The van der Waals surface area contributed by atoms with E-state index in [0.717, 1.165) is 17.7 Å². The van der Waals surface area contributed by atoms with Crippen molar-refractivity contribution >= 4 is 23.5 Å². The van der Waals surface area contributed by atoms with Crippen LogP contribution in [0.15, 0.2) is 48.5 Å². The normalized spacial score (nSPS) is 15.1. The molecular formula is C20H18O8. The molecule has 2 aromatic carbocycles. The highest BCUT2D eigenvalue weighted by atomic mass is 16.5. The summed E-state index contributed by atoms with van der Waals surface area (Å²) in [5.74, 6) is -8.01. The molecule has 8 heteroatoms. The molecular weight excluding hydrogens is 368 g/mol. The predicted octanol–water partition coefficient (Wildman–Crippen LogP) is 1.00. The lowest BCUT2D eigenvalue weighted by atomic mass is 9.73. The summed E-state index contributed by atoms with van der Waals surface area (Å²) in [7, 11) is 0. The number of ketones is 2. The average molecular weight is 386 g/mol. The highest BCUT2D eigenvalue weighted by Crippen LogP contribution is 2.32. The van der Waals surface area contributed by atoms with E-state index >= 15 is 0 Å². The molecule has 2 atom stereocenters. The number of rotatable bonds is 7. The molecule has 0 radical (unpaired) electrons. The third kappa shape index (κ3) is 3.08. The lowest BCUT2D eigenvalue weighted by Crippen LogP contribution is -2.71. The summed E-state index contributed by atoms with van der Waals surface area (Å²) in [6.07, 6.45) is 0. The maximum atomic E-state index is 12.9. The summed E-state index contributed by atoms with van der Waals surface area (Å²) >= 11 is 0. The molecule has 0 amide bonds. The maximum absolute atomic E-state index is 12.9. The van der Waals surface area contributed by atoms with E-state index in [-0.39, 0.29) is 11.1 Å². The molecule has 28 heavy (non-hydrogen) atoms. The summed E-state index contributed by atoms with van der Waals surface area (Å²) in [6, 6.07) is 10.3. The number of carbonyl (C=O) groups is 4. The number of aliphatic hydroxyl groups is 2. The van der Waals surface area contributed by atoms with E-state index in [9.17, 15) is 39.6 Å². The maximum Gasteiger partial charge on any atom is 0.348 e. The summed E-state index contributed by atoms with van der Waals surface area (Å²) < 4.78 is 0. The van der Waals surface area contributed by atoms with Crippen LogP contribution in [0.1, 0.15) is 31.8 Å². The lowest BCUT2D eigenvalue weighted by Gasteiger charge is -2.34. The van der Waals surface area contributed by atoms with Crippen LogP contribution in [0.3, 0.4) is 0 Å². The fraction of sp³-hybridized carbons (Fsp3) is 0.200. The molecule has 8 nitrogen and oxygen atoms in total. The quantitative estimate of drug-likeness (QED) is 0.407. The predicted molar refractivity (Wildman–Crippen MR) is 96.2 cm³/mol. The van der Waals surface area contributed by atoms with Crippen LogP contribution >= 0.6 is 0 Å². The van der Waals surface area contributed by atoms with Crippen LogP contribution in [-0.2, 0) is 9.59 Å². The van der Waals surface area contributed by atoms with Gasteiger partial charge in [-0.1, -0.05) is 42.5 Å². The second-order valence-corrected chi connectivity index (χ2v) is 6.35. The third-order valence-electron chi connectivity index (χ3n) is 4.60. The van der Waals surface area contributed by atoms with Crippen molar-refractivity contribution in [1.82, 2.24) is 0 Å². The second-order valence-electron chi connectivity index (χ2n) is 6.35. The Bertz CT molecular complexity index is 965. The van der Waals surface area contributed by atoms with Gasteiger partial charge in [-0.15, -0.1) is 0 Å². The van der Waals surface area contributed by atoms with Crippen LogP contribution in [-0.4, -0.2) is 55.1 Å². The Kier molecular flexibility index (Phi) is 5.49. The molecule has 0 aromatic heterocycles. The molecule has 0 aliphatic carbocycles. The number of carboxylic acids is 2. The topological polar surface area (TPSA) is 149 Å². The highest BCUT2D eigenvalue weighted by Gasteiger charge is 2.69. The largest absolute Gasteiger partial charge is 0.479 e. The highest BCUT2D eigenvalue weighted by molar-refractivity contribution is 6.28.